The predicted octanol–water partition coefficient (Wildman–Crippen LogP) is 2.95. The number of aryl methyl sites for hydroxylation is 1. The summed E-state index contributed by atoms with van der Waals surface area (Å²) in [6.45, 7) is 3.92. The van der Waals surface area contributed by atoms with Gasteiger partial charge in [0.25, 0.3) is 0 Å². The molecule has 47 heavy (non-hydrogen) atoms. The molecule has 0 unspecified atom stereocenters. The highest BCUT2D eigenvalue weighted by molar-refractivity contribution is 5.79. The lowest BCUT2D eigenvalue weighted by atomic mass is 10.1. The quantitative estimate of drug-likeness (QED) is 0.118. The zero-order chi connectivity index (χ0) is 33.7. The van der Waals surface area contributed by atoms with E-state index in [0.29, 0.717) is 108 Å². The number of anilines is 2. The van der Waals surface area contributed by atoms with Crippen LogP contribution in [-0.4, -0.2) is 89.1 Å². The topological polar surface area (TPSA) is 187 Å². The van der Waals surface area contributed by atoms with Crippen LogP contribution in [0.4, 0.5) is 11.9 Å². The Balaban J connectivity index is 1.49. The van der Waals surface area contributed by atoms with Crippen LogP contribution in [0.15, 0.2) is 30.3 Å². The molecule has 0 radical (unpaired) electrons. The Morgan fingerprint density at radius 1 is 0.723 bits per heavy atom. The van der Waals surface area contributed by atoms with Gasteiger partial charge in [-0.05, 0) is 57.2 Å². The van der Waals surface area contributed by atoms with Crippen molar-refractivity contribution in [3.63, 3.8) is 0 Å². The van der Waals surface area contributed by atoms with Gasteiger partial charge in [0.2, 0.25) is 17.8 Å². The van der Waals surface area contributed by atoms with E-state index in [4.69, 9.17) is 21.2 Å². The minimum atomic E-state index is -0.312. The molecule has 1 fully saturated rings. The summed E-state index contributed by atoms with van der Waals surface area (Å²) in [7, 11) is 0. The van der Waals surface area contributed by atoms with Crippen molar-refractivity contribution in [3.8, 4) is 0 Å². The van der Waals surface area contributed by atoms with Gasteiger partial charge < -0.3 is 31.3 Å². The first kappa shape index (κ1) is 37.5. The highest BCUT2D eigenvalue weighted by Gasteiger charge is 2.24. The number of unbranched alkanes of at least 4 members (excludes halogenated alkanes) is 2. The lowest BCUT2D eigenvalue weighted by molar-refractivity contribution is -0.145. The third-order valence-corrected chi connectivity index (χ3v) is 7.96. The second-order valence-corrected chi connectivity index (χ2v) is 11.8. The van der Waals surface area contributed by atoms with Crippen LogP contribution in [-0.2, 0) is 36.9 Å². The number of aromatic nitrogens is 3. The summed E-state index contributed by atoms with van der Waals surface area (Å²) >= 11 is 0. The van der Waals surface area contributed by atoms with Gasteiger partial charge in [-0.2, -0.15) is 15.0 Å². The number of amides is 1. The number of Topliss-reactive ketones (excluding diaryl/α,β-unsaturated/α-hetero) is 2. The van der Waals surface area contributed by atoms with Crippen molar-refractivity contribution in [2.75, 3.05) is 56.0 Å². The van der Waals surface area contributed by atoms with Crippen molar-refractivity contribution in [1.82, 2.24) is 19.9 Å². The number of ketones is 2. The average molecular weight is 653 g/mol. The van der Waals surface area contributed by atoms with E-state index in [2.05, 4.69) is 15.3 Å². The van der Waals surface area contributed by atoms with Crippen LogP contribution in [0, 0.1) is 0 Å². The van der Waals surface area contributed by atoms with Crippen LogP contribution in [0.3, 0.4) is 0 Å². The zero-order valence-electron chi connectivity index (χ0n) is 27.7. The number of hydrogen-bond donors (Lipinski definition) is 3. The van der Waals surface area contributed by atoms with Gasteiger partial charge in [0, 0.05) is 77.7 Å². The molecule has 258 valence electrons. The molecule has 1 aromatic carbocycles. The molecular formula is C34H52N8O5. The molecule has 1 aromatic heterocycles. The van der Waals surface area contributed by atoms with Crippen molar-refractivity contribution in [1.29, 1.82) is 0 Å². The smallest absolute Gasteiger partial charge is 0.306 e. The summed E-state index contributed by atoms with van der Waals surface area (Å²) in [6.07, 6.45) is 7.19. The van der Waals surface area contributed by atoms with Crippen molar-refractivity contribution >= 4 is 35.3 Å². The molecule has 3 rings (SSSR count). The lowest BCUT2D eigenvalue weighted by Crippen LogP contribution is -2.49. The summed E-state index contributed by atoms with van der Waals surface area (Å²) in [6, 6.07) is 9.50. The molecule has 1 aliphatic heterocycles. The van der Waals surface area contributed by atoms with E-state index in [-0.39, 0.29) is 42.9 Å². The van der Waals surface area contributed by atoms with Crippen molar-refractivity contribution in [2.45, 2.75) is 90.1 Å². The minimum absolute atomic E-state index is 0.00598. The lowest BCUT2D eigenvalue weighted by Gasteiger charge is -2.35. The van der Waals surface area contributed by atoms with E-state index in [9.17, 15) is 19.2 Å². The average Bonchev–Trinajstić information content (AvgIpc) is 3.08. The largest absolute Gasteiger partial charge is 0.461 e. The Hall–Kier alpha value is -3.97. The molecule has 1 saturated heterocycles. The van der Waals surface area contributed by atoms with E-state index < -0.39 is 0 Å². The fourth-order valence-corrected chi connectivity index (χ4v) is 5.19. The number of nitrogens with two attached hydrogens (primary N) is 2. The second-order valence-electron chi connectivity index (χ2n) is 11.8. The first-order chi connectivity index (χ1) is 22.9. The second kappa shape index (κ2) is 21.8. The number of piperazine rings is 1. The van der Waals surface area contributed by atoms with E-state index >= 15 is 0 Å². The van der Waals surface area contributed by atoms with Crippen LogP contribution >= 0.6 is 0 Å². The predicted molar refractivity (Wildman–Crippen MR) is 181 cm³/mol. The maximum Gasteiger partial charge on any atom is 0.306 e. The van der Waals surface area contributed by atoms with E-state index in [0.717, 1.165) is 31.2 Å². The van der Waals surface area contributed by atoms with Gasteiger partial charge in [0.05, 0.1) is 0 Å². The van der Waals surface area contributed by atoms with E-state index in [1.54, 1.807) is 4.90 Å². The van der Waals surface area contributed by atoms with Crippen LogP contribution < -0.4 is 21.7 Å². The van der Waals surface area contributed by atoms with Gasteiger partial charge in [-0.25, -0.2) is 0 Å². The number of rotatable bonds is 23. The van der Waals surface area contributed by atoms with Gasteiger partial charge in [-0.1, -0.05) is 30.3 Å². The normalized spacial score (nSPS) is 13.0. The molecule has 2 heterocycles. The fraction of sp³-hybridized carbons (Fsp3) is 0.618. The molecule has 0 aliphatic carbocycles. The summed E-state index contributed by atoms with van der Waals surface area (Å²) in [5.74, 6) is 1.56. The van der Waals surface area contributed by atoms with Gasteiger partial charge in [0.1, 0.15) is 24.0 Å². The Bertz CT molecular complexity index is 1210. The number of carbonyl (C=O) groups is 4. The maximum absolute atomic E-state index is 12.9. The van der Waals surface area contributed by atoms with Gasteiger partial charge >= 0.3 is 5.97 Å². The molecule has 2 aromatic rings. The van der Waals surface area contributed by atoms with Crippen LogP contribution in [0.25, 0.3) is 0 Å². The van der Waals surface area contributed by atoms with Gasteiger partial charge in [-0.3, -0.25) is 19.2 Å². The summed E-state index contributed by atoms with van der Waals surface area (Å²) in [5.41, 5.74) is 12.0. The third-order valence-electron chi connectivity index (χ3n) is 7.96. The van der Waals surface area contributed by atoms with Crippen molar-refractivity contribution in [3.05, 3.63) is 41.7 Å². The van der Waals surface area contributed by atoms with Crippen LogP contribution in [0.2, 0.25) is 0 Å². The van der Waals surface area contributed by atoms with E-state index in [1.807, 2.05) is 35.2 Å². The summed E-state index contributed by atoms with van der Waals surface area (Å²) in [4.78, 5) is 67.2. The Morgan fingerprint density at radius 3 is 2.06 bits per heavy atom. The van der Waals surface area contributed by atoms with Crippen LogP contribution in [0.5, 0.6) is 0 Å². The summed E-state index contributed by atoms with van der Waals surface area (Å²) in [5, 5.41) is 3.18. The SMILES string of the molecule is NCCCCC(=O)CCCc1nc(NCCC(=O)CCCCN)nc(N2CCN(C(=O)CCCC(=O)OCc3ccccc3)CC2)n1. The molecule has 0 atom stereocenters. The van der Waals surface area contributed by atoms with Crippen molar-refractivity contribution < 1.29 is 23.9 Å². The number of esters is 1. The summed E-state index contributed by atoms with van der Waals surface area (Å²) < 4.78 is 5.31. The van der Waals surface area contributed by atoms with Crippen LogP contribution in [0.1, 0.15) is 88.4 Å². The standard InChI is InChI=1S/C34H52N8O5/c35-19-6-4-12-28(43)14-8-15-30-38-33(37-21-18-29(44)13-5-7-20-36)40-34(39-30)42-24-22-41(23-25-42)31(45)16-9-17-32(46)47-26-27-10-2-1-3-11-27/h1-3,10-11H,4-9,12-26,35-36H2,(H,37,38,39,40). The Morgan fingerprint density at radius 2 is 1.38 bits per heavy atom. The van der Waals surface area contributed by atoms with Gasteiger partial charge in [0.15, 0.2) is 0 Å². The molecule has 0 saturated carbocycles. The van der Waals surface area contributed by atoms with Crippen molar-refractivity contribution in [2.24, 2.45) is 11.5 Å². The molecular weight excluding hydrogens is 600 g/mol. The molecule has 5 N–H and O–H groups in total. The number of carbonyl (C=O) groups excluding carboxylic acids is 4. The number of ether oxygens (including phenoxy) is 1. The minimum Gasteiger partial charge on any atom is -0.461 e. The van der Waals surface area contributed by atoms with E-state index in [1.165, 1.54) is 0 Å². The highest BCUT2D eigenvalue weighted by atomic mass is 16.5. The fourth-order valence-electron chi connectivity index (χ4n) is 5.19. The molecule has 1 aliphatic rings. The zero-order valence-corrected chi connectivity index (χ0v) is 27.7. The number of nitrogens with one attached hydrogen (secondary N) is 1. The third kappa shape index (κ3) is 15.0. The number of benzene rings is 1. The highest BCUT2D eigenvalue weighted by Crippen LogP contribution is 2.17. The molecule has 13 nitrogen and oxygen atoms in total. The first-order valence-electron chi connectivity index (χ1n) is 17.0. The molecule has 0 spiro atoms. The Kier molecular flexibility index (Phi) is 17.4. The number of hydrogen-bond acceptors (Lipinski definition) is 12. The number of nitrogens with zero attached hydrogens (tertiary/aromatic N) is 5. The monoisotopic (exact) mass is 652 g/mol. The maximum atomic E-state index is 12.9. The van der Waals surface area contributed by atoms with Gasteiger partial charge in [-0.15, -0.1) is 0 Å². The Labute approximate surface area is 278 Å². The first-order valence-corrected chi connectivity index (χ1v) is 17.0. The molecule has 1 amide bonds. The molecule has 0 bridgehead atoms. The molecule has 13 heteroatoms.